The lowest BCUT2D eigenvalue weighted by Gasteiger charge is -2.30. The Kier molecular flexibility index (Phi) is 5.83. The molecular formula is C24H30N6O2. The third kappa shape index (κ3) is 4.09. The fourth-order valence-electron chi connectivity index (χ4n) is 5.54. The van der Waals surface area contributed by atoms with E-state index in [2.05, 4.69) is 25.9 Å². The van der Waals surface area contributed by atoms with Gasteiger partial charge in [-0.25, -0.2) is 9.97 Å². The Balaban J connectivity index is 1.43. The van der Waals surface area contributed by atoms with Gasteiger partial charge in [-0.3, -0.25) is 4.79 Å². The molecule has 0 aromatic carbocycles. The van der Waals surface area contributed by atoms with Crippen molar-refractivity contribution < 1.29 is 9.90 Å². The fourth-order valence-corrected chi connectivity index (χ4v) is 5.54. The molecule has 3 aromatic heterocycles. The molecular weight excluding hydrogens is 404 g/mol. The highest BCUT2D eigenvalue weighted by Gasteiger charge is 2.28. The van der Waals surface area contributed by atoms with Gasteiger partial charge in [0.15, 0.2) is 0 Å². The van der Waals surface area contributed by atoms with Crippen molar-refractivity contribution in [3.8, 4) is 6.07 Å². The van der Waals surface area contributed by atoms with Crippen LogP contribution in [0, 0.1) is 17.2 Å². The van der Waals surface area contributed by atoms with E-state index >= 15 is 0 Å². The molecule has 3 N–H and O–H groups in total. The van der Waals surface area contributed by atoms with Gasteiger partial charge >= 0.3 is 0 Å². The van der Waals surface area contributed by atoms with Crippen LogP contribution >= 0.6 is 0 Å². The number of nitrogens with one attached hydrogen (secondary N) is 2. The van der Waals surface area contributed by atoms with Crippen LogP contribution in [0.2, 0.25) is 0 Å². The van der Waals surface area contributed by atoms with Crippen molar-refractivity contribution in [3.63, 3.8) is 0 Å². The topological polar surface area (TPSA) is 120 Å². The van der Waals surface area contributed by atoms with Crippen LogP contribution in [0.5, 0.6) is 0 Å². The van der Waals surface area contributed by atoms with Crippen molar-refractivity contribution in [2.45, 2.75) is 82.4 Å². The summed E-state index contributed by atoms with van der Waals surface area (Å²) in [5.74, 6) is 1.24. The Morgan fingerprint density at radius 3 is 2.75 bits per heavy atom. The van der Waals surface area contributed by atoms with Gasteiger partial charge in [0, 0.05) is 30.1 Å². The first-order valence-corrected chi connectivity index (χ1v) is 11.8. The summed E-state index contributed by atoms with van der Waals surface area (Å²) in [6.07, 6.45) is 11.4. The van der Waals surface area contributed by atoms with Crippen LogP contribution in [0.25, 0.3) is 22.1 Å². The van der Waals surface area contributed by atoms with Gasteiger partial charge in [-0.15, -0.1) is 0 Å². The van der Waals surface area contributed by atoms with E-state index in [1.54, 1.807) is 6.20 Å². The molecule has 8 nitrogen and oxygen atoms in total. The first-order chi connectivity index (χ1) is 15.6. The zero-order chi connectivity index (χ0) is 22.1. The van der Waals surface area contributed by atoms with Crippen LogP contribution in [-0.4, -0.2) is 42.7 Å². The highest BCUT2D eigenvalue weighted by Crippen LogP contribution is 2.38. The number of nitrogens with zero attached hydrogens (tertiary/aromatic N) is 4. The summed E-state index contributed by atoms with van der Waals surface area (Å²) >= 11 is 0. The zero-order valence-corrected chi connectivity index (χ0v) is 18.3. The Morgan fingerprint density at radius 2 is 2.00 bits per heavy atom. The number of rotatable bonds is 5. The van der Waals surface area contributed by atoms with Crippen molar-refractivity contribution in [1.29, 1.82) is 5.26 Å². The summed E-state index contributed by atoms with van der Waals surface area (Å²) in [6.45, 7) is 0. The smallest absolute Gasteiger partial charge is 0.227 e. The van der Waals surface area contributed by atoms with Crippen LogP contribution in [-0.2, 0) is 11.2 Å². The zero-order valence-electron chi connectivity index (χ0n) is 18.3. The van der Waals surface area contributed by atoms with E-state index in [1.165, 1.54) is 0 Å². The average Bonchev–Trinajstić information content (AvgIpc) is 3.40. The minimum atomic E-state index is -0.236. The SMILES string of the molecule is N#CC[C@H]1CC[C@H](n2c(CC(=O)N[C@H]3CC[C@@H](O)CC3)nc3cnc4[nH]ccc4c32)CC1. The van der Waals surface area contributed by atoms with E-state index < -0.39 is 0 Å². The first kappa shape index (κ1) is 21.0. The van der Waals surface area contributed by atoms with Crippen LogP contribution in [0.4, 0.5) is 0 Å². The van der Waals surface area contributed by atoms with Gasteiger partial charge in [0.1, 0.15) is 17.0 Å². The molecule has 0 radical (unpaired) electrons. The van der Waals surface area contributed by atoms with E-state index in [9.17, 15) is 9.90 Å². The summed E-state index contributed by atoms with van der Waals surface area (Å²) < 4.78 is 2.28. The molecule has 5 rings (SSSR count). The molecule has 3 heterocycles. The van der Waals surface area contributed by atoms with Crippen LogP contribution in [0.15, 0.2) is 18.5 Å². The number of carbonyl (C=O) groups is 1. The molecule has 32 heavy (non-hydrogen) atoms. The number of H-pyrrole nitrogens is 1. The molecule has 168 valence electrons. The van der Waals surface area contributed by atoms with Crippen molar-refractivity contribution in [3.05, 3.63) is 24.3 Å². The van der Waals surface area contributed by atoms with Gasteiger partial charge in [-0.05, 0) is 63.4 Å². The Labute approximate surface area is 187 Å². The molecule has 0 bridgehead atoms. The first-order valence-electron chi connectivity index (χ1n) is 11.8. The minimum absolute atomic E-state index is 0.0145. The normalized spacial score (nSPS) is 26.2. The third-order valence-corrected chi connectivity index (χ3v) is 7.25. The second-order valence-corrected chi connectivity index (χ2v) is 9.42. The molecule has 2 aliphatic rings. The number of hydrogen-bond donors (Lipinski definition) is 3. The standard InChI is InChI=1S/C24H30N6O2/c25-11-9-15-1-5-17(6-2-15)30-21(13-22(32)28-16-3-7-18(31)8-4-16)29-20-14-27-24-19(23(20)30)10-12-26-24/h10,12,14-18,31H,1-9,13H2,(H,26,27)(H,28,32)/t15-,16-,17-,18+. The van der Waals surface area contributed by atoms with Gasteiger partial charge in [-0.1, -0.05) is 0 Å². The molecule has 0 unspecified atom stereocenters. The summed E-state index contributed by atoms with van der Waals surface area (Å²) in [5, 5.41) is 23.0. The van der Waals surface area contributed by atoms with Gasteiger partial charge < -0.3 is 20.0 Å². The van der Waals surface area contributed by atoms with E-state index in [1.807, 2.05) is 12.3 Å². The van der Waals surface area contributed by atoms with Gasteiger partial charge in [0.2, 0.25) is 5.91 Å². The van der Waals surface area contributed by atoms with Crippen molar-refractivity contribution in [1.82, 2.24) is 24.8 Å². The van der Waals surface area contributed by atoms with E-state index in [4.69, 9.17) is 10.2 Å². The van der Waals surface area contributed by atoms with E-state index in [0.29, 0.717) is 12.3 Å². The lowest BCUT2D eigenvalue weighted by molar-refractivity contribution is -0.121. The number of amides is 1. The quantitative estimate of drug-likeness (QED) is 0.567. The number of aromatic amines is 1. The second kappa shape index (κ2) is 8.91. The second-order valence-electron chi connectivity index (χ2n) is 9.42. The Hall–Kier alpha value is -2.92. The maximum Gasteiger partial charge on any atom is 0.227 e. The molecule has 2 saturated carbocycles. The molecule has 0 saturated heterocycles. The predicted molar refractivity (Wildman–Crippen MR) is 121 cm³/mol. The minimum Gasteiger partial charge on any atom is -0.393 e. The lowest BCUT2D eigenvalue weighted by atomic mass is 9.84. The molecule has 8 heteroatoms. The Morgan fingerprint density at radius 1 is 1.22 bits per heavy atom. The number of aliphatic hydroxyl groups is 1. The van der Waals surface area contributed by atoms with Crippen molar-refractivity contribution >= 4 is 28.0 Å². The highest BCUT2D eigenvalue weighted by atomic mass is 16.3. The number of pyridine rings is 1. The summed E-state index contributed by atoms with van der Waals surface area (Å²) in [7, 11) is 0. The molecule has 3 aromatic rings. The molecule has 0 atom stereocenters. The van der Waals surface area contributed by atoms with Crippen LogP contribution in [0.3, 0.4) is 0 Å². The summed E-state index contributed by atoms with van der Waals surface area (Å²) in [6, 6.07) is 4.74. The van der Waals surface area contributed by atoms with Crippen LogP contribution < -0.4 is 5.32 Å². The number of aromatic nitrogens is 4. The van der Waals surface area contributed by atoms with Gasteiger partial charge in [0.25, 0.3) is 0 Å². The number of carbonyl (C=O) groups excluding carboxylic acids is 1. The van der Waals surface area contributed by atoms with Crippen molar-refractivity contribution in [2.24, 2.45) is 5.92 Å². The molecule has 2 fully saturated rings. The maximum atomic E-state index is 12.9. The predicted octanol–water partition coefficient (Wildman–Crippen LogP) is 3.52. The number of fused-ring (bicyclic) bond motifs is 3. The van der Waals surface area contributed by atoms with E-state index in [0.717, 1.165) is 79.3 Å². The van der Waals surface area contributed by atoms with Crippen molar-refractivity contribution in [2.75, 3.05) is 0 Å². The number of nitriles is 1. The largest absolute Gasteiger partial charge is 0.393 e. The summed E-state index contributed by atoms with van der Waals surface area (Å²) in [5.41, 5.74) is 2.69. The monoisotopic (exact) mass is 434 g/mol. The molecule has 1 amide bonds. The van der Waals surface area contributed by atoms with Gasteiger partial charge in [0.05, 0.1) is 30.3 Å². The molecule has 0 spiro atoms. The van der Waals surface area contributed by atoms with E-state index in [-0.39, 0.29) is 30.5 Å². The lowest BCUT2D eigenvalue weighted by Crippen LogP contribution is -2.39. The average molecular weight is 435 g/mol. The number of hydrogen-bond acceptors (Lipinski definition) is 5. The Bertz CT molecular complexity index is 1140. The molecule has 2 aliphatic carbocycles. The maximum absolute atomic E-state index is 12.9. The molecule has 0 aliphatic heterocycles. The number of imidazole rings is 1. The summed E-state index contributed by atoms with van der Waals surface area (Å²) in [4.78, 5) is 25.5. The van der Waals surface area contributed by atoms with Crippen LogP contribution in [0.1, 0.15) is 69.7 Å². The van der Waals surface area contributed by atoms with Gasteiger partial charge in [-0.2, -0.15) is 5.26 Å². The highest BCUT2D eigenvalue weighted by molar-refractivity contribution is 6.01. The number of aliphatic hydroxyl groups excluding tert-OH is 1. The fraction of sp³-hybridized carbons (Fsp3) is 0.583. The third-order valence-electron chi connectivity index (χ3n) is 7.25.